The van der Waals surface area contributed by atoms with Gasteiger partial charge >= 0.3 is 0 Å². The Morgan fingerprint density at radius 3 is 2.50 bits per heavy atom. The van der Waals surface area contributed by atoms with E-state index in [1.165, 1.54) is 0 Å². The van der Waals surface area contributed by atoms with Crippen LogP contribution in [0, 0.1) is 17.6 Å². The Balaban J connectivity index is 2.45. The van der Waals surface area contributed by atoms with Crippen LogP contribution in [0.5, 0.6) is 0 Å². The standard InChI is InChI=1S/C15H23F2N/c1-11(8-9-18-15(2,3)4)10-12-6-5-7-13(16)14(12)17/h5-7,11,18H,8-10H2,1-4H3. The van der Waals surface area contributed by atoms with Gasteiger partial charge in [0.2, 0.25) is 0 Å². The molecule has 0 bridgehead atoms. The van der Waals surface area contributed by atoms with E-state index >= 15 is 0 Å². The van der Waals surface area contributed by atoms with Crippen molar-refractivity contribution in [3.05, 3.63) is 35.4 Å². The fourth-order valence-electron chi connectivity index (χ4n) is 1.88. The summed E-state index contributed by atoms with van der Waals surface area (Å²) in [5, 5.41) is 3.40. The van der Waals surface area contributed by atoms with Crippen LogP contribution in [0.4, 0.5) is 8.78 Å². The van der Waals surface area contributed by atoms with Crippen LogP contribution in [0.1, 0.15) is 39.7 Å². The molecule has 1 rings (SSSR count). The zero-order valence-corrected chi connectivity index (χ0v) is 11.7. The van der Waals surface area contributed by atoms with Crippen LogP contribution >= 0.6 is 0 Å². The van der Waals surface area contributed by atoms with Crippen LogP contribution in [0.15, 0.2) is 18.2 Å². The van der Waals surface area contributed by atoms with Crippen LogP contribution in [0.25, 0.3) is 0 Å². The van der Waals surface area contributed by atoms with E-state index in [1.54, 1.807) is 12.1 Å². The quantitative estimate of drug-likeness (QED) is 0.841. The molecular weight excluding hydrogens is 232 g/mol. The first-order valence-electron chi connectivity index (χ1n) is 6.47. The highest BCUT2D eigenvalue weighted by atomic mass is 19.2. The Morgan fingerprint density at radius 1 is 1.22 bits per heavy atom. The third-order valence-corrected chi connectivity index (χ3v) is 2.89. The van der Waals surface area contributed by atoms with Gasteiger partial charge in [-0.25, -0.2) is 8.78 Å². The summed E-state index contributed by atoms with van der Waals surface area (Å²) in [5.74, 6) is -1.13. The van der Waals surface area contributed by atoms with Crippen LogP contribution in [0.3, 0.4) is 0 Å². The maximum Gasteiger partial charge on any atom is 0.162 e. The number of benzene rings is 1. The minimum Gasteiger partial charge on any atom is -0.312 e. The molecule has 0 saturated carbocycles. The molecule has 102 valence electrons. The van der Waals surface area contributed by atoms with Crippen molar-refractivity contribution in [3.63, 3.8) is 0 Å². The van der Waals surface area contributed by atoms with Crippen LogP contribution in [0.2, 0.25) is 0 Å². The highest BCUT2D eigenvalue weighted by Crippen LogP contribution is 2.17. The Kier molecular flexibility index (Phi) is 5.27. The monoisotopic (exact) mass is 255 g/mol. The second-order valence-corrected chi connectivity index (χ2v) is 5.99. The molecule has 1 N–H and O–H groups in total. The summed E-state index contributed by atoms with van der Waals surface area (Å²) in [7, 11) is 0. The van der Waals surface area contributed by atoms with Gasteiger partial charge in [-0.1, -0.05) is 19.1 Å². The van der Waals surface area contributed by atoms with E-state index in [1.807, 2.05) is 0 Å². The lowest BCUT2D eigenvalue weighted by atomic mass is 9.97. The minimum atomic E-state index is -0.757. The van der Waals surface area contributed by atoms with Gasteiger partial charge in [0.15, 0.2) is 11.6 Å². The number of rotatable bonds is 5. The number of nitrogens with one attached hydrogen (secondary N) is 1. The van der Waals surface area contributed by atoms with Crippen LogP contribution in [-0.4, -0.2) is 12.1 Å². The smallest absolute Gasteiger partial charge is 0.162 e. The van der Waals surface area contributed by atoms with Crippen molar-refractivity contribution in [2.45, 2.75) is 46.1 Å². The van der Waals surface area contributed by atoms with Gasteiger partial charge in [-0.3, -0.25) is 0 Å². The molecule has 1 aromatic rings. The molecule has 3 heteroatoms. The third-order valence-electron chi connectivity index (χ3n) is 2.89. The van der Waals surface area contributed by atoms with Crippen LogP contribution < -0.4 is 5.32 Å². The molecule has 0 aliphatic heterocycles. The fraction of sp³-hybridized carbons (Fsp3) is 0.600. The second-order valence-electron chi connectivity index (χ2n) is 5.99. The Morgan fingerprint density at radius 2 is 1.89 bits per heavy atom. The minimum absolute atomic E-state index is 0.101. The van der Waals surface area contributed by atoms with Crippen molar-refractivity contribution >= 4 is 0 Å². The molecule has 1 nitrogen and oxygen atoms in total. The van der Waals surface area contributed by atoms with Crippen molar-refractivity contribution < 1.29 is 8.78 Å². The molecule has 0 aromatic heterocycles. The van der Waals surface area contributed by atoms with Gasteiger partial charge in [0, 0.05) is 5.54 Å². The molecule has 0 saturated heterocycles. The first kappa shape index (κ1) is 15.1. The van der Waals surface area contributed by atoms with E-state index in [2.05, 4.69) is 33.0 Å². The van der Waals surface area contributed by atoms with Crippen molar-refractivity contribution in [2.24, 2.45) is 5.92 Å². The molecule has 0 heterocycles. The molecule has 0 spiro atoms. The lowest BCUT2D eigenvalue weighted by Crippen LogP contribution is -2.37. The van der Waals surface area contributed by atoms with E-state index in [0.29, 0.717) is 17.9 Å². The van der Waals surface area contributed by atoms with Gasteiger partial charge in [-0.2, -0.15) is 0 Å². The zero-order chi connectivity index (χ0) is 13.8. The second kappa shape index (κ2) is 6.28. The average Bonchev–Trinajstić information content (AvgIpc) is 2.23. The molecule has 0 fully saturated rings. The summed E-state index contributed by atoms with van der Waals surface area (Å²) in [6.07, 6.45) is 1.53. The SMILES string of the molecule is CC(CCNC(C)(C)C)Cc1cccc(F)c1F. The predicted molar refractivity (Wildman–Crippen MR) is 71.6 cm³/mol. The van der Waals surface area contributed by atoms with Gasteiger partial charge in [-0.15, -0.1) is 0 Å². The largest absolute Gasteiger partial charge is 0.312 e. The fourth-order valence-corrected chi connectivity index (χ4v) is 1.88. The summed E-state index contributed by atoms with van der Waals surface area (Å²) in [6, 6.07) is 4.38. The third kappa shape index (κ3) is 5.13. The molecule has 1 atom stereocenters. The molecule has 0 aliphatic carbocycles. The topological polar surface area (TPSA) is 12.0 Å². The Bertz CT molecular complexity index is 383. The summed E-state index contributed by atoms with van der Waals surface area (Å²) in [5.41, 5.74) is 0.572. The van der Waals surface area contributed by atoms with E-state index in [-0.39, 0.29) is 5.54 Å². The van der Waals surface area contributed by atoms with E-state index in [9.17, 15) is 8.78 Å². The predicted octanol–water partition coefficient (Wildman–Crippen LogP) is 3.92. The summed E-state index contributed by atoms with van der Waals surface area (Å²) in [4.78, 5) is 0. The first-order chi connectivity index (χ1) is 8.29. The lowest BCUT2D eigenvalue weighted by Gasteiger charge is -2.22. The molecule has 0 aliphatic rings. The highest BCUT2D eigenvalue weighted by molar-refractivity contribution is 5.19. The van der Waals surface area contributed by atoms with Crippen molar-refractivity contribution in [2.75, 3.05) is 6.54 Å². The molecule has 1 aromatic carbocycles. The summed E-state index contributed by atoms with van der Waals surface area (Å²) in [6.45, 7) is 9.30. The summed E-state index contributed by atoms with van der Waals surface area (Å²) >= 11 is 0. The Hall–Kier alpha value is -0.960. The lowest BCUT2D eigenvalue weighted by molar-refractivity contribution is 0.391. The molecular formula is C15H23F2N. The zero-order valence-electron chi connectivity index (χ0n) is 11.7. The van der Waals surface area contributed by atoms with E-state index in [4.69, 9.17) is 0 Å². The number of hydrogen-bond acceptors (Lipinski definition) is 1. The van der Waals surface area contributed by atoms with Gasteiger partial charge < -0.3 is 5.32 Å². The van der Waals surface area contributed by atoms with Gasteiger partial charge in [-0.05, 0) is 57.7 Å². The molecule has 18 heavy (non-hydrogen) atoms. The van der Waals surface area contributed by atoms with E-state index in [0.717, 1.165) is 19.0 Å². The maximum atomic E-state index is 13.5. The van der Waals surface area contributed by atoms with Crippen molar-refractivity contribution in [3.8, 4) is 0 Å². The normalized spacial score (nSPS) is 13.7. The number of halogens is 2. The Labute approximate surface area is 109 Å². The average molecular weight is 255 g/mol. The first-order valence-corrected chi connectivity index (χ1v) is 6.47. The van der Waals surface area contributed by atoms with E-state index < -0.39 is 11.6 Å². The number of hydrogen-bond donors (Lipinski definition) is 1. The summed E-state index contributed by atoms with van der Waals surface area (Å²) < 4.78 is 26.5. The van der Waals surface area contributed by atoms with Gasteiger partial charge in [0.05, 0.1) is 0 Å². The van der Waals surface area contributed by atoms with Crippen molar-refractivity contribution in [1.29, 1.82) is 0 Å². The van der Waals surface area contributed by atoms with Crippen molar-refractivity contribution in [1.82, 2.24) is 5.32 Å². The molecule has 0 radical (unpaired) electrons. The highest BCUT2D eigenvalue weighted by Gasteiger charge is 2.13. The molecule has 1 unspecified atom stereocenters. The maximum absolute atomic E-state index is 13.5. The van der Waals surface area contributed by atoms with Crippen LogP contribution in [-0.2, 0) is 6.42 Å². The molecule has 0 amide bonds. The van der Waals surface area contributed by atoms with Gasteiger partial charge in [0.1, 0.15) is 0 Å². The van der Waals surface area contributed by atoms with Gasteiger partial charge in [0.25, 0.3) is 0 Å².